The molecule has 0 aromatic carbocycles. The van der Waals surface area contributed by atoms with Gasteiger partial charge in [0.15, 0.2) is 5.65 Å². The third-order valence-electron chi connectivity index (χ3n) is 4.93. The second-order valence-corrected chi connectivity index (χ2v) is 7.75. The maximum atomic E-state index is 12.7. The molecule has 1 saturated heterocycles. The Morgan fingerprint density at radius 1 is 1.48 bits per heavy atom. The van der Waals surface area contributed by atoms with Crippen LogP contribution in [0.2, 0.25) is 0 Å². The number of aromatic nitrogens is 3. The maximum Gasteiger partial charge on any atom is 0.508 e. The number of hydrogen-bond acceptors (Lipinski definition) is 10. The smallest absolute Gasteiger partial charge is 0.435 e. The minimum atomic E-state index is -0.902. The van der Waals surface area contributed by atoms with E-state index in [0.29, 0.717) is 12.8 Å². The van der Waals surface area contributed by atoms with Crippen molar-refractivity contribution in [2.75, 3.05) is 12.3 Å². The van der Waals surface area contributed by atoms with Crippen molar-refractivity contribution < 1.29 is 24.1 Å². The third kappa shape index (κ3) is 4.14. The molecule has 0 radical (unpaired) electrons. The minimum absolute atomic E-state index is 0.0891. The lowest BCUT2D eigenvalue weighted by molar-refractivity contribution is -0.0771. The molecule has 3 rings (SSSR count). The van der Waals surface area contributed by atoms with Crippen LogP contribution >= 0.6 is 11.3 Å². The van der Waals surface area contributed by atoms with E-state index in [4.69, 9.17) is 19.9 Å². The van der Waals surface area contributed by atoms with E-state index in [1.165, 1.54) is 4.57 Å². The van der Waals surface area contributed by atoms with Gasteiger partial charge in [0.2, 0.25) is 5.95 Å². The van der Waals surface area contributed by atoms with E-state index < -0.39 is 47.0 Å². The van der Waals surface area contributed by atoms with Gasteiger partial charge in [-0.3, -0.25) is 19.1 Å². The highest BCUT2D eigenvalue weighted by molar-refractivity contribution is 7.16. The quantitative estimate of drug-likeness (QED) is 0.570. The SMILES string of the molecule is CCOC(=O)O[C@H](C)[C@@H]1C[C@@H]([C@@H](O)CC)O[C@H]1n1c(=O)sc2c(=O)[nH]c(N)nc21. The van der Waals surface area contributed by atoms with Crippen molar-refractivity contribution >= 4 is 33.8 Å². The summed E-state index contributed by atoms with van der Waals surface area (Å²) in [5.74, 6) is -0.618. The molecule has 1 aliphatic rings. The Bertz CT molecular complexity index is 1000. The van der Waals surface area contributed by atoms with Crippen LogP contribution in [0.4, 0.5) is 10.7 Å². The molecule has 29 heavy (non-hydrogen) atoms. The number of H-pyrrole nitrogens is 1. The maximum absolute atomic E-state index is 12.7. The Hall–Kier alpha value is -2.44. The van der Waals surface area contributed by atoms with E-state index in [9.17, 15) is 19.5 Å². The summed E-state index contributed by atoms with van der Waals surface area (Å²) in [6, 6.07) is 0. The fraction of sp³-hybridized carbons (Fsp3) is 0.647. The van der Waals surface area contributed by atoms with Gasteiger partial charge in [0.1, 0.15) is 17.0 Å². The number of anilines is 1. The molecule has 11 nitrogen and oxygen atoms in total. The second kappa shape index (κ2) is 8.51. The van der Waals surface area contributed by atoms with Gasteiger partial charge in [0.05, 0.1) is 18.8 Å². The van der Waals surface area contributed by atoms with Crippen LogP contribution in [0.3, 0.4) is 0 Å². The van der Waals surface area contributed by atoms with Crippen LogP contribution in [0.25, 0.3) is 10.3 Å². The van der Waals surface area contributed by atoms with Crippen molar-refractivity contribution in [2.24, 2.45) is 5.92 Å². The zero-order chi connectivity index (χ0) is 21.3. The van der Waals surface area contributed by atoms with Crippen LogP contribution in [0.15, 0.2) is 9.59 Å². The molecule has 0 bridgehead atoms. The van der Waals surface area contributed by atoms with Gasteiger partial charge in [-0.05, 0) is 26.7 Å². The lowest BCUT2D eigenvalue weighted by atomic mass is 9.95. The van der Waals surface area contributed by atoms with Crippen molar-refractivity contribution in [3.63, 3.8) is 0 Å². The molecule has 0 aliphatic carbocycles. The van der Waals surface area contributed by atoms with Gasteiger partial charge in [0, 0.05) is 5.92 Å². The van der Waals surface area contributed by atoms with E-state index in [-0.39, 0.29) is 22.9 Å². The summed E-state index contributed by atoms with van der Waals surface area (Å²) < 4.78 is 17.5. The van der Waals surface area contributed by atoms with Gasteiger partial charge < -0.3 is 25.1 Å². The number of aliphatic hydroxyl groups excluding tert-OH is 1. The number of nitrogens with zero attached hydrogens (tertiary/aromatic N) is 2. The molecular formula is C17H24N4O7S. The van der Waals surface area contributed by atoms with Crippen molar-refractivity contribution in [3.05, 3.63) is 20.0 Å². The van der Waals surface area contributed by atoms with Gasteiger partial charge in [-0.15, -0.1) is 0 Å². The Balaban J connectivity index is 2.03. The Morgan fingerprint density at radius 2 is 2.21 bits per heavy atom. The zero-order valence-electron chi connectivity index (χ0n) is 16.3. The average molecular weight is 428 g/mol. The summed E-state index contributed by atoms with van der Waals surface area (Å²) >= 11 is 0.723. The van der Waals surface area contributed by atoms with E-state index in [2.05, 4.69) is 9.97 Å². The summed E-state index contributed by atoms with van der Waals surface area (Å²) in [5.41, 5.74) is 5.21. The normalized spacial score (nSPS) is 23.8. The largest absolute Gasteiger partial charge is 0.508 e. The number of carbonyl (C=O) groups excluding carboxylic acids is 1. The van der Waals surface area contributed by atoms with Gasteiger partial charge in [-0.1, -0.05) is 18.3 Å². The molecule has 0 amide bonds. The highest BCUT2D eigenvalue weighted by Gasteiger charge is 2.45. The first-order valence-electron chi connectivity index (χ1n) is 9.34. The molecule has 1 fully saturated rings. The Kier molecular flexibility index (Phi) is 6.24. The van der Waals surface area contributed by atoms with Crippen LogP contribution in [0, 0.1) is 5.92 Å². The molecule has 12 heteroatoms. The first-order valence-corrected chi connectivity index (χ1v) is 10.2. The van der Waals surface area contributed by atoms with Crippen LogP contribution in [0.1, 0.15) is 39.8 Å². The van der Waals surface area contributed by atoms with Gasteiger partial charge >= 0.3 is 11.0 Å². The molecule has 0 spiro atoms. The number of nitrogen functional groups attached to an aromatic ring is 1. The molecule has 4 N–H and O–H groups in total. The first kappa shape index (κ1) is 21.3. The topological polar surface area (TPSA) is 159 Å². The number of rotatable bonds is 6. The molecule has 2 aromatic heterocycles. The van der Waals surface area contributed by atoms with Crippen LogP contribution in [0.5, 0.6) is 0 Å². The number of nitrogens with two attached hydrogens (primary N) is 1. The highest BCUT2D eigenvalue weighted by atomic mass is 32.1. The van der Waals surface area contributed by atoms with Crippen LogP contribution < -0.4 is 16.2 Å². The molecule has 5 atom stereocenters. The number of fused-ring (bicyclic) bond motifs is 1. The van der Waals surface area contributed by atoms with Gasteiger partial charge in [-0.2, -0.15) is 4.98 Å². The molecule has 2 aromatic rings. The zero-order valence-corrected chi connectivity index (χ0v) is 17.1. The highest BCUT2D eigenvalue weighted by Crippen LogP contribution is 2.40. The Morgan fingerprint density at radius 3 is 2.86 bits per heavy atom. The van der Waals surface area contributed by atoms with Gasteiger partial charge in [0.25, 0.3) is 5.56 Å². The fourth-order valence-electron chi connectivity index (χ4n) is 3.47. The van der Waals surface area contributed by atoms with Crippen molar-refractivity contribution in [2.45, 2.75) is 58.2 Å². The lowest BCUT2D eigenvalue weighted by Crippen LogP contribution is -2.32. The number of carbonyl (C=O) groups is 1. The van der Waals surface area contributed by atoms with Crippen LogP contribution in [-0.2, 0) is 14.2 Å². The van der Waals surface area contributed by atoms with Crippen molar-refractivity contribution in [1.29, 1.82) is 0 Å². The summed E-state index contributed by atoms with van der Waals surface area (Å²) in [4.78, 5) is 42.6. The van der Waals surface area contributed by atoms with E-state index in [1.807, 2.05) is 6.92 Å². The number of nitrogens with one attached hydrogen (secondary N) is 1. The monoisotopic (exact) mass is 428 g/mol. The summed E-state index contributed by atoms with van der Waals surface area (Å²) in [5, 5.41) is 10.3. The number of aliphatic hydroxyl groups is 1. The summed E-state index contributed by atoms with van der Waals surface area (Å²) in [6.07, 6.45) is -2.98. The summed E-state index contributed by atoms with van der Waals surface area (Å²) in [7, 11) is 0. The number of hydrogen-bond donors (Lipinski definition) is 3. The van der Waals surface area contributed by atoms with E-state index in [0.717, 1.165) is 11.3 Å². The number of ether oxygens (including phenoxy) is 3. The second-order valence-electron chi connectivity index (χ2n) is 6.79. The Labute approximate surface area is 169 Å². The van der Waals surface area contributed by atoms with Crippen molar-refractivity contribution in [3.8, 4) is 0 Å². The molecule has 0 unspecified atom stereocenters. The molecular weight excluding hydrogens is 404 g/mol. The van der Waals surface area contributed by atoms with Gasteiger partial charge in [-0.25, -0.2) is 4.79 Å². The number of thiazole rings is 1. The summed E-state index contributed by atoms with van der Waals surface area (Å²) in [6.45, 7) is 5.29. The molecule has 160 valence electrons. The molecule has 3 heterocycles. The van der Waals surface area contributed by atoms with E-state index in [1.54, 1.807) is 13.8 Å². The lowest BCUT2D eigenvalue weighted by Gasteiger charge is -2.24. The molecule has 1 aliphatic heterocycles. The standard InChI is InChI=1S/C17H24N4O7S/c1-4-9(22)10-6-8(7(3)27-17(25)26-5-2)14(28-10)21-12-11(29-16(21)24)13(23)20-15(18)19-12/h7-10,14,22H,4-6H2,1-3H3,(H3,18,19,20,23)/t7-,8+,9+,10+,14-/m1/s1. The molecule has 0 saturated carbocycles. The average Bonchev–Trinajstić information content (AvgIpc) is 3.22. The minimum Gasteiger partial charge on any atom is -0.435 e. The first-order chi connectivity index (χ1) is 13.8. The third-order valence-corrected chi connectivity index (χ3v) is 5.87. The van der Waals surface area contributed by atoms with Crippen LogP contribution in [-0.4, -0.2) is 50.7 Å². The fourth-order valence-corrected chi connectivity index (χ4v) is 4.31. The number of aromatic amines is 1. The predicted molar refractivity (Wildman–Crippen MR) is 105 cm³/mol. The van der Waals surface area contributed by atoms with E-state index >= 15 is 0 Å². The van der Waals surface area contributed by atoms with Crippen molar-refractivity contribution in [1.82, 2.24) is 14.5 Å². The predicted octanol–water partition coefficient (Wildman–Crippen LogP) is 0.965.